The molecule has 1 aromatic carbocycles. The highest BCUT2D eigenvalue weighted by Crippen LogP contribution is 2.37. The number of fused-ring (bicyclic) bond motifs is 1. The van der Waals surface area contributed by atoms with E-state index in [4.69, 9.17) is 10.5 Å². The van der Waals surface area contributed by atoms with Gasteiger partial charge in [-0.15, -0.1) is 0 Å². The van der Waals surface area contributed by atoms with E-state index >= 15 is 0 Å². The van der Waals surface area contributed by atoms with Crippen molar-refractivity contribution in [1.29, 1.82) is 0 Å². The van der Waals surface area contributed by atoms with Gasteiger partial charge in [-0.3, -0.25) is 14.5 Å². The number of nitrogens with one attached hydrogen (secondary N) is 1. The van der Waals surface area contributed by atoms with Crippen molar-refractivity contribution in [2.75, 3.05) is 23.9 Å². The Kier molecular flexibility index (Phi) is 5.30. The standard InChI is InChI=1S/C20H17F3N6O3/c1-32-18-12(20(21,22)23)7-8-15(27-18)28-10-14(24)29-16(19(28)31)13(9-25-29)26-17(30)11-5-3-2-4-6-11/h2-9,14H,10,24H2,1H3,(H,26,30). The summed E-state index contributed by atoms with van der Waals surface area (Å²) < 4.78 is 45.5. The average Bonchev–Trinajstić information content (AvgIpc) is 3.20. The number of benzene rings is 1. The van der Waals surface area contributed by atoms with Crippen LogP contribution in [0.5, 0.6) is 5.88 Å². The topological polar surface area (TPSA) is 115 Å². The molecule has 1 aliphatic rings. The molecule has 0 aliphatic carbocycles. The number of nitrogens with zero attached hydrogens (tertiary/aromatic N) is 4. The zero-order chi connectivity index (χ0) is 23.0. The van der Waals surface area contributed by atoms with E-state index in [0.29, 0.717) is 5.56 Å². The summed E-state index contributed by atoms with van der Waals surface area (Å²) >= 11 is 0. The van der Waals surface area contributed by atoms with Crippen molar-refractivity contribution < 1.29 is 27.5 Å². The average molecular weight is 446 g/mol. The molecule has 0 saturated carbocycles. The fourth-order valence-electron chi connectivity index (χ4n) is 3.33. The molecule has 4 rings (SSSR count). The van der Waals surface area contributed by atoms with Crippen LogP contribution in [-0.4, -0.2) is 40.2 Å². The highest BCUT2D eigenvalue weighted by atomic mass is 19.4. The van der Waals surface area contributed by atoms with Crippen molar-refractivity contribution in [3.05, 3.63) is 65.5 Å². The smallest absolute Gasteiger partial charge is 0.421 e. The number of halogens is 3. The molecule has 1 unspecified atom stereocenters. The number of rotatable bonds is 4. The number of carbonyl (C=O) groups excluding carboxylic acids is 2. The summed E-state index contributed by atoms with van der Waals surface area (Å²) in [7, 11) is 1.05. The van der Waals surface area contributed by atoms with Gasteiger partial charge in [0, 0.05) is 5.56 Å². The molecular formula is C20H17F3N6O3. The normalized spacial score (nSPS) is 16.0. The third kappa shape index (κ3) is 3.75. The van der Waals surface area contributed by atoms with Gasteiger partial charge in [0.2, 0.25) is 5.88 Å². The van der Waals surface area contributed by atoms with Crippen LogP contribution in [0.3, 0.4) is 0 Å². The molecule has 1 aliphatic heterocycles. The van der Waals surface area contributed by atoms with E-state index in [1.807, 2.05) is 0 Å². The Balaban J connectivity index is 1.68. The van der Waals surface area contributed by atoms with E-state index in [9.17, 15) is 22.8 Å². The molecule has 166 valence electrons. The minimum Gasteiger partial charge on any atom is -0.481 e. The predicted molar refractivity (Wildman–Crippen MR) is 107 cm³/mol. The Morgan fingerprint density at radius 2 is 1.94 bits per heavy atom. The Morgan fingerprint density at radius 1 is 1.22 bits per heavy atom. The first-order valence-electron chi connectivity index (χ1n) is 9.34. The van der Waals surface area contributed by atoms with Crippen LogP contribution in [0.2, 0.25) is 0 Å². The number of hydrogen-bond acceptors (Lipinski definition) is 6. The van der Waals surface area contributed by atoms with Gasteiger partial charge in [-0.2, -0.15) is 23.3 Å². The molecular weight excluding hydrogens is 429 g/mol. The fourth-order valence-corrected chi connectivity index (χ4v) is 3.33. The van der Waals surface area contributed by atoms with E-state index < -0.39 is 35.6 Å². The molecule has 0 spiro atoms. The van der Waals surface area contributed by atoms with Gasteiger partial charge >= 0.3 is 6.18 Å². The second kappa shape index (κ2) is 7.96. The summed E-state index contributed by atoms with van der Waals surface area (Å²) in [4.78, 5) is 30.7. The lowest BCUT2D eigenvalue weighted by atomic mass is 10.2. The summed E-state index contributed by atoms with van der Waals surface area (Å²) in [6.07, 6.45) is -4.20. The number of ether oxygens (including phenoxy) is 1. The summed E-state index contributed by atoms with van der Waals surface area (Å²) in [5, 5.41) is 6.70. The lowest BCUT2D eigenvalue weighted by Crippen LogP contribution is -2.47. The van der Waals surface area contributed by atoms with Crippen LogP contribution >= 0.6 is 0 Å². The quantitative estimate of drug-likeness (QED) is 0.637. The number of methoxy groups -OCH3 is 1. The van der Waals surface area contributed by atoms with Crippen molar-refractivity contribution in [2.24, 2.45) is 5.73 Å². The minimum absolute atomic E-state index is 0.0197. The lowest BCUT2D eigenvalue weighted by Gasteiger charge is -2.31. The van der Waals surface area contributed by atoms with Crippen LogP contribution in [0.25, 0.3) is 0 Å². The number of aromatic nitrogens is 3. The maximum Gasteiger partial charge on any atom is 0.421 e. The van der Waals surface area contributed by atoms with E-state index in [2.05, 4.69) is 15.4 Å². The zero-order valence-electron chi connectivity index (χ0n) is 16.6. The van der Waals surface area contributed by atoms with E-state index in [1.165, 1.54) is 10.9 Å². The molecule has 32 heavy (non-hydrogen) atoms. The van der Waals surface area contributed by atoms with Crippen LogP contribution in [0.4, 0.5) is 24.7 Å². The second-order valence-corrected chi connectivity index (χ2v) is 6.88. The third-order valence-electron chi connectivity index (χ3n) is 4.83. The first-order chi connectivity index (χ1) is 15.2. The summed E-state index contributed by atoms with van der Waals surface area (Å²) in [6, 6.07) is 10.2. The van der Waals surface area contributed by atoms with E-state index in [0.717, 1.165) is 24.1 Å². The molecule has 2 aromatic heterocycles. The molecule has 1 atom stereocenters. The molecule has 3 N–H and O–H groups in total. The number of pyridine rings is 1. The predicted octanol–water partition coefficient (Wildman–Crippen LogP) is 2.68. The molecule has 0 bridgehead atoms. The van der Waals surface area contributed by atoms with Crippen molar-refractivity contribution in [3.8, 4) is 5.88 Å². The minimum atomic E-state index is -4.67. The van der Waals surface area contributed by atoms with Gasteiger partial charge in [0.15, 0.2) is 5.69 Å². The highest BCUT2D eigenvalue weighted by molar-refractivity contribution is 6.12. The monoisotopic (exact) mass is 446 g/mol. The van der Waals surface area contributed by atoms with Gasteiger partial charge in [0.25, 0.3) is 11.8 Å². The van der Waals surface area contributed by atoms with Crippen LogP contribution < -0.4 is 20.7 Å². The van der Waals surface area contributed by atoms with Crippen LogP contribution in [0.1, 0.15) is 32.6 Å². The summed E-state index contributed by atoms with van der Waals surface area (Å²) in [6.45, 7) is -0.0961. The Hall–Kier alpha value is -3.93. The van der Waals surface area contributed by atoms with Gasteiger partial charge in [0.05, 0.1) is 25.5 Å². The molecule has 0 saturated heterocycles. The molecule has 2 amide bonds. The molecule has 0 fully saturated rings. The Morgan fingerprint density at radius 3 is 2.59 bits per heavy atom. The van der Waals surface area contributed by atoms with Crippen molar-refractivity contribution in [2.45, 2.75) is 12.3 Å². The molecule has 3 aromatic rings. The van der Waals surface area contributed by atoms with Crippen LogP contribution in [0, 0.1) is 0 Å². The Labute approximate surface area is 179 Å². The largest absolute Gasteiger partial charge is 0.481 e. The number of alkyl halides is 3. The van der Waals surface area contributed by atoms with Gasteiger partial charge in [-0.25, -0.2) is 4.68 Å². The summed E-state index contributed by atoms with van der Waals surface area (Å²) in [5.74, 6) is -1.85. The first-order valence-corrected chi connectivity index (χ1v) is 9.34. The SMILES string of the molecule is COc1nc(N2CC(N)n3ncc(NC(=O)c4ccccc4)c3C2=O)ccc1C(F)(F)F. The maximum absolute atomic E-state index is 13.2. The number of hydrogen-bond donors (Lipinski definition) is 2. The molecule has 9 nitrogen and oxygen atoms in total. The van der Waals surface area contributed by atoms with Crippen LogP contribution in [0.15, 0.2) is 48.7 Å². The molecule has 12 heteroatoms. The van der Waals surface area contributed by atoms with Gasteiger partial charge in [-0.1, -0.05) is 18.2 Å². The van der Waals surface area contributed by atoms with Gasteiger partial charge < -0.3 is 15.8 Å². The van der Waals surface area contributed by atoms with E-state index in [1.54, 1.807) is 30.3 Å². The number of carbonyl (C=O) groups is 2. The number of anilines is 2. The highest BCUT2D eigenvalue weighted by Gasteiger charge is 2.38. The van der Waals surface area contributed by atoms with Crippen molar-refractivity contribution in [3.63, 3.8) is 0 Å². The van der Waals surface area contributed by atoms with Crippen LogP contribution in [-0.2, 0) is 6.18 Å². The van der Waals surface area contributed by atoms with Gasteiger partial charge in [0.1, 0.15) is 17.5 Å². The molecule has 0 radical (unpaired) electrons. The number of amides is 2. The lowest BCUT2D eigenvalue weighted by molar-refractivity contribution is -0.139. The first kappa shape index (κ1) is 21.3. The van der Waals surface area contributed by atoms with Gasteiger partial charge in [-0.05, 0) is 24.3 Å². The zero-order valence-corrected chi connectivity index (χ0v) is 16.6. The number of nitrogens with two attached hydrogens (primary N) is 1. The van der Waals surface area contributed by atoms with E-state index in [-0.39, 0.29) is 23.7 Å². The van der Waals surface area contributed by atoms with Crippen molar-refractivity contribution in [1.82, 2.24) is 14.8 Å². The summed E-state index contributed by atoms with van der Waals surface area (Å²) in [5.41, 5.74) is 5.51. The van der Waals surface area contributed by atoms with Crippen molar-refractivity contribution >= 4 is 23.3 Å². The Bertz CT molecular complexity index is 1180. The fraction of sp³-hybridized carbons (Fsp3) is 0.200. The third-order valence-corrected chi connectivity index (χ3v) is 4.83. The second-order valence-electron chi connectivity index (χ2n) is 6.88. The molecule has 3 heterocycles. The maximum atomic E-state index is 13.2.